The Labute approximate surface area is 97.9 Å². The second-order valence-electron chi connectivity index (χ2n) is 3.47. The van der Waals surface area contributed by atoms with Crippen LogP contribution in [0.1, 0.15) is 17.9 Å². The van der Waals surface area contributed by atoms with Gasteiger partial charge in [0.25, 0.3) is 0 Å². The minimum Gasteiger partial charge on any atom is -0.300 e. The first kappa shape index (κ1) is 10.3. The lowest BCUT2D eigenvalue weighted by atomic mass is 10.1. The molecule has 2 atom stereocenters. The summed E-state index contributed by atoms with van der Waals surface area (Å²) >= 11 is 6.68. The zero-order valence-corrected chi connectivity index (χ0v) is 10.3. The predicted octanol–water partition coefficient (Wildman–Crippen LogP) is 3.61. The van der Waals surface area contributed by atoms with Gasteiger partial charge in [0.2, 0.25) is 0 Å². The Bertz CT molecular complexity index is 394. The van der Waals surface area contributed by atoms with Gasteiger partial charge in [-0.1, -0.05) is 6.07 Å². The maximum Gasteiger partial charge on any atom is 0.173 e. The Balaban J connectivity index is 2.28. The monoisotopic (exact) mass is 320 g/mol. The van der Waals surface area contributed by atoms with Gasteiger partial charge in [0.15, 0.2) is 12.0 Å². The number of rotatable bonds is 2. The molecule has 1 aliphatic carbocycles. The van der Waals surface area contributed by atoms with Crippen molar-refractivity contribution in [1.29, 1.82) is 0 Å². The number of hydrogen-bond acceptors (Lipinski definition) is 1. The largest absolute Gasteiger partial charge is 0.300 e. The number of carbonyl (C=O) groups is 1. The molecule has 0 aromatic heterocycles. The van der Waals surface area contributed by atoms with Gasteiger partial charge < -0.3 is 0 Å². The molecule has 0 amide bonds. The van der Waals surface area contributed by atoms with Gasteiger partial charge in [0, 0.05) is 14.9 Å². The van der Waals surface area contributed by atoms with E-state index in [-0.39, 0.29) is 5.92 Å². The topological polar surface area (TPSA) is 17.1 Å². The summed E-state index contributed by atoms with van der Waals surface area (Å²) in [5.41, 5.74) is -0.748. The first-order chi connectivity index (χ1) is 6.57. The molecule has 0 spiro atoms. The minimum atomic E-state index is -1.62. The summed E-state index contributed by atoms with van der Waals surface area (Å²) in [5.74, 6) is -0.260. The summed E-state index contributed by atoms with van der Waals surface area (Å²) in [7, 11) is 0. The Hall–Kier alpha value is -0.220. The van der Waals surface area contributed by atoms with Gasteiger partial charge in [0.05, 0.1) is 0 Å². The van der Waals surface area contributed by atoms with Gasteiger partial charge >= 0.3 is 0 Å². The normalized spacial score (nSPS) is 30.1. The minimum absolute atomic E-state index is 0.260. The second-order valence-corrected chi connectivity index (χ2v) is 5.18. The Kier molecular flexibility index (Phi) is 2.52. The molecular weight excluding hydrogens is 315 g/mol. The summed E-state index contributed by atoms with van der Waals surface area (Å²) in [6.07, 6.45) is 0.720. The number of hydrogen-bond donors (Lipinski definition) is 0. The molecule has 1 aliphatic rings. The number of halogens is 3. The lowest BCUT2D eigenvalue weighted by Gasteiger charge is -2.02. The van der Waals surface area contributed by atoms with Crippen molar-refractivity contribution in [3.05, 3.63) is 32.7 Å². The molecule has 2 rings (SSSR count). The second kappa shape index (κ2) is 3.42. The Morgan fingerprint density at radius 3 is 2.64 bits per heavy atom. The van der Waals surface area contributed by atoms with Crippen LogP contribution in [-0.4, -0.2) is 12.0 Å². The Morgan fingerprint density at radius 2 is 2.14 bits per heavy atom. The van der Waals surface area contributed by atoms with E-state index >= 15 is 0 Å². The molecule has 1 nitrogen and oxygen atoms in total. The van der Waals surface area contributed by atoms with Crippen molar-refractivity contribution in [2.45, 2.75) is 18.0 Å². The molecule has 1 aromatic rings. The molecule has 1 fully saturated rings. The smallest absolute Gasteiger partial charge is 0.173 e. The summed E-state index contributed by atoms with van der Waals surface area (Å²) in [5, 5.41) is 0. The molecule has 4 heteroatoms. The third-order valence-corrected chi connectivity index (χ3v) is 4.36. The van der Waals surface area contributed by atoms with Crippen LogP contribution in [0.3, 0.4) is 0 Å². The van der Waals surface area contributed by atoms with Gasteiger partial charge in [-0.3, -0.25) is 4.79 Å². The average molecular weight is 322 g/mol. The van der Waals surface area contributed by atoms with E-state index in [1.165, 1.54) is 0 Å². The lowest BCUT2D eigenvalue weighted by Crippen LogP contribution is -2.04. The van der Waals surface area contributed by atoms with Crippen molar-refractivity contribution in [2.24, 2.45) is 0 Å². The van der Waals surface area contributed by atoms with Crippen LogP contribution in [0.25, 0.3) is 0 Å². The van der Waals surface area contributed by atoms with E-state index in [1.807, 2.05) is 18.2 Å². The highest BCUT2D eigenvalue weighted by Crippen LogP contribution is 2.53. The molecule has 1 saturated carbocycles. The van der Waals surface area contributed by atoms with Crippen molar-refractivity contribution in [1.82, 2.24) is 0 Å². The number of benzene rings is 1. The van der Waals surface area contributed by atoms with E-state index in [9.17, 15) is 9.18 Å². The Morgan fingerprint density at radius 1 is 1.43 bits per heavy atom. The number of aldehydes is 1. The van der Waals surface area contributed by atoms with Crippen molar-refractivity contribution in [3.8, 4) is 0 Å². The maximum atomic E-state index is 13.4. The molecule has 0 aliphatic heterocycles. The van der Waals surface area contributed by atoms with Crippen molar-refractivity contribution >= 4 is 38.1 Å². The van der Waals surface area contributed by atoms with E-state index in [1.54, 1.807) is 0 Å². The van der Waals surface area contributed by atoms with E-state index in [2.05, 4.69) is 31.9 Å². The fraction of sp³-hybridized carbons (Fsp3) is 0.300. The highest BCUT2D eigenvalue weighted by atomic mass is 79.9. The van der Waals surface area contributed by atoms with E-state index in [0.29, 0.717) is 12.7 Å². The predicted molar refractivity (Wildman–Crippen MR) is 59.1 cm³/mol. The first-order valence-electron chi connectivity index (χ1n) is 4.17. The summed E-state index contributed by atoms with van der Waals surface area (Å²) in [4.78, 5) is 10.4. The third-order valence-electron chi connectivity index (χ3n) is 2.48. The molecule has 0 bridgehead atoms. The van der Waals surface area contributed by atoms with Crippen LogP contribution in [0.4, 0.5) is 4.39 Å². The van der Waals surface area contributed by atoms with Crippen LogP contribution in [0.15, 0.2) is 27.1 Å². The van der Waals surface area contributed by atoms with E-state index in [0.717, 1.165) is 14.5 Å². The molecule has 1 aromatic carbocycles. The highest BCUT2D eigenvalue weighted by molar-refractivity contribution is 9.13. The highest BCUT2D eigenvalue weighted by Gasteiger charge is 2.56. The van der Waals surface area contributed by atoms with E-state index < -0.39 is 5.67 Å². The van der Waals surface area contributed by atoms with Crippen molar-refractivity contribution < 1.29 is 9.18 Å². The standard InChI is InChI=1S/C10H7Br2FO/c11-8-2-1-6(3-9(8)12)7-4-10(7,13)5-14/h1-3,5,7H,4H2. The first-order valence-corrected chi connectivity index (χ1v) is 5.75. The molecule has 0 N–H and O–H groups in total. The van der Waals surface area contributed by atoms with Gasteiger partial charge in [-0.25, -0.2) is 4.39 Å². The quantitative estimate of drug-likeness (QED) is 0.761. The average Bonchev–Trinajstić information content (AvgIpc) is 2.84. The fourth-order valence-corrected chi connectivity index (χ4v) is 2.15. The summed E-state index contributed by atoms with van der Waals surface area (Å²) < 4.78 is 15.2. The molecule has 0 saturated heterocycles. The van der Waals surface area contributed by atoms with Crippen LogP contribution < -0.4 is 0 Å². The fourth-order valence-electron chi connectivity index (χ4n) is 1.51. The van der Waals surface area contributed by atoms with Crippen LogP contribution in [0, 0.1) is 0 Å². The third kappa shape index (κ3) is 1.65. The molecule has 74 valence electrons. The van der Waals surface area contributed by atoms with Crippen LogP contribution >= 0.6 is 31.9 Å². The van der Waals surface area contributed by atoms with E-state index in [4.69, 9.17) is 0 Å². The lowest BCUT2D eigenvalue weighted by molar-refractivity contribution is -0.113. The zero-order chi connectivity index (χ0) is 10.3. The van der Waals surface area contributed by atoms with Crippen molar-refractivity contribution in [3.63, 3.8) is 0 Å². The van der Waals surface area contributed by atoms with Crippen LogP contribution in [-0.2, 0) is 4.79 Å². The number of carbonyl (C=O) groups excluding carboxylic acids is 1. The van der Waals surface area contributed by atoms with Crippen LogP contribution in [0.5, 0.6) is 0 Å². The number of alkyl halides is 1. The molecular formula is C10H7Br2FO. The SMILES string of the molecule is O=CC1(F)CC1c1ccc(Br)c(Br)c1. The van der Waals surface area contributed by atoms with Gasteiger partial charge in [-0.05, 0) is 56.0 Å². The van der Waals surface area contributed by atoms with Crippen LogP contribution in [0.2, 0.25) is 0 Å². The molecule has 14 heavy (non-hydrogen) atoms. The summed E-state index contributed by atoms with van der Waals surface area (Å²) in [6, 6.07) is 5.53. The van der Waals surface area contributed by atoms with Gasteiger partial charge in [-0.15, -0.1) is 0 Å². The van der Waals surface area contributed by atoms with Gasteiger partial charge in [0.1, 0.15) is 0 Å². The van der Waals surface area contributed by atoms with Gasteiger partial charge in [-0.2, -0.15) is 0 Å². The van der Waals surface area contributed by atoms with Crippen molar-refractivity contribution in [2.75, 3.05) is 0 Å². The maximum absolute atomic E-state index is 13.4. The molecule has 0 heterocycles. The summed E-state index contributed by atoms with van der Waals surface area (Å²) in [6.45, 7) is 0. The zero-order valence-electron chi connectivity index (χ0n) is 7.14. The molecule has 0 radical (unpaired) electrons. The molecule has 2 unspecified atom stereocenters.